The van der Waals surface area contributed by atoms with E-state index in [0.29, 0.717) is 0 Å². The van der Waals surface area contributed by atoms with Crippen molar-refractivity contribution in [3.8, 4) is 11.3 Å². The van der Waals surface area contributed by atoms with E-state index in [1.54, 1.807) is 11.3 Å². The summed E-state index contributed by atoms with van der Waals surface area (Å²) in [5.41, 5.74) is 4.50. The highest BCUT2D eigenvalue weighted by atomic mass is 32.2. The largest absolute Gasteiger partial charge is 0.354 e. The van der Waals surface area contributed by atoms with E-state index in [1.807, 2.05) is 30.8 Å². The van der Waals surface area contributed by atoms with E-state index in [4.69, 9.17) is 0 Å². The lowest BCUT2D eigenvalue weighted by molar-refractivity contribution is 1.11. The van der Waals surface area contributed by atoms with Gasteiger partial charge < -0.3 is 10.2 Å². The maximum absolute atomic E-state index is 4.68. The van der Waals surface area contributed by atoms with Crippen LogP contribution in [0.4, 0.5) is 16.5 Å². The Hall–Kier alpha value is -1.98. The molecule has 2 aromatic carbocycles. The van der Waals surface area contributed by atoms with Gasteiger partial charge >= 0.3 is 0 Å². The first-order chi connectivity index (χ1) is 10.7. The van der Waals surface area contributed by atoms with Crippen molar-refractivity contribution in [3.63, 3.8) is 0 Å². The number of thiazole rings is 1. The summed E-state index contributed by atoms with van der Waals surface area (Å²) in [5, 5.41) is 6.66. The van der Waals surface area contributed by atoms with Gasteiger partial charge in [-0.3, -0.25) is 0 Å². The number of benzene rings is 2. The summed E-state index contributed by atoms with van der Waals surface area (Å²) in [4.78, 5) is 9.25. The Morgan fingerprint density at radius 3 is 2.64 bits per heavy atom. The Labute approximate surface area is 138 Å². The van der Waals surface area contributed by atoms with Gasteiger partial charge in [0.05, 0.1) is 17.1 Å². The van der Waals surface area contributed by atoms with Crippen molar-refractivity contribution in [2.45, 2.75) is 9.79 Å². The zero-order valence-corrected chi connectivity index (χ0v) is 14.0. The number of anilines is 3. The van der Waals surface area contributed by atoms with Crippen molar-refractivity contribution < 1.29 is 0 Å². The highest BCUT2D eigenvalue weighted by Gasteiger charge is 2.16. The smallest absolute Gasteiger partial charge is 0.185 e. The van der Waals surface area contributed by atoms with Crippen molar-refractivity contribution in [1.82, 2.24) is 4.98 Å². The predicted molar refractivity (Wildman–Crippen MR) is 95.7 cm³/mol. The number of hydrogen-bond acceptors (Lipinski definition) is 5. The molecule has 3 aromatic rings. The molecular formula is C17H15N3S2. The molecule has 0 amide bonds. The maximum Gasteiger partial charge on any atom is 0.185 e. The van der Waals surface area contributed by atoms with Crippen LogP contribution in [0.25, 0.3) is 11.3 Å². The van der Waals surface area contributed by atoms with Crippen LogP contribution in [-0.2, 0) is 0 Å². The van der Waals surface area contributed by atoms with Gasteiger partial charge in [0, 0.05) is 34.8 Å². The molecule has 22 heavy (non-hydrogen) atoms. The van der Waals surface area contributed by atoms with Crippen LogP contribution < -0.4 is 10.2 Å². The zero-order valence-electron chi connectivity index (χ0n) is 12.3. The van der Waals surface area contributed by atoms with Crippen molar-refractivity contribution >= 4 is 39.6 Å². The van der Waals surface area contributed by atoms with E-state index in [-0.39, 0.29) is 0 Å². The van der Waals surface area contributed by atoms with Crippen molar-refractivity contribution in [1.29, 1.82) is 0 Å². The molecule has 110 valence electrons. The number of fused-ring (bicyclic) bond motifs is 2. The molecule has 0 spiro atoms. The van der Waals surface area contributed by atoms with E-state index in [0.717, 1.165) is 22.1 Å². The Balaban J connectivity index is 1.70. The summed E-state index contributed by atoms with van der Waals surface area (Å²) in [6.45, 7) is 0. The normalized spacial score (nSPS) is 12.3. The molecule has 2 heterocycles. The Morgan fingerprint density at radius 1 is 1.00 bits per heavy atom. The molecule has 1 aromatic heterocycles. The van der Waals surface area contributed by atoms with Crippen molar-refractivity contribution in [3.05, 3.63) is 47.8 Å². The lowest BCUT2D eigenvalue weighted by atomic mass is 10.1. The number of hydrogen-bond donors (Lipinski definition) is 1. The topological polar surface area (TPSA) is 28.2 Å². The van der Waals surface area contributed by atoms with E-state index >= 15 is 0 Å². The van der Waals surface area contributed by atoms with E-state index in [9.17, 15) is 0 Å². The summed E-state index contributed by atoms with van der Waals surface area (Å²) in [5.74, 6) is 0. The minimum absolute atomic E-state index is 1.03. The third kappa shape index (κ3) is 2.36. The Kier molecular flexibility index (Phi) is 3.32. The third-order valence-electron chi connectivity index (χ3n) is 3.53. The Bertz CT molecular complexity index is 839. The average Bonchev–Trinajstić information content (AvgIpc) is 3.02. The van der Waals surface area contributed by atoms with E-state index in [1.165, 1.54) is 15.5 Å². The van der Waals surface area contributed by atoms with Crippen LogP contribution in [0.1, 0.15) is 0 Å². The summed E-state index contributed by atoms with van der Waals surface area (Å²) in [7, 11) is 4.04. The lowest BCUT2D eigenvalue weighted by Gasteiger charge is -2.21. The first-order valence-corrected chi connectivity index (χ1v) is 8.71. The van der Waals surface area contributed by atoms with Crippen LogP contribution in [0.15, 0.2) is 57.6 Å². The van der Waals surface area contributed by atoms with Gasteiger partial charge in [-0.15, -0.1) is 11.3 Å². The molecule has 1 N–H and O–H groups in total. The SMILES string of the molecule is CN(C)c1nc(-c2ccc3c(c2)Nc2ccccc2S3)cs1. The predicted octanol–water partition coefficient (Wildman–Crippen LogP) is 5.08. The Morgan fingerprint density at radius 2 is 1.82 bits per heavy atom. The molecule has 0 bridgehead atoms. The molecule has 1 aliphatic heterocycles. The molecule has 0 unspecified atom stereocenters. The second-order valence-corrected chi connectivity index (χ2v) is 7.26. The van der Waals surface area contributed by atoms with Gasteiger partial charge in [0.15, 0.2) is 5.13 Å². The molecule has 0 saturated carbocycles. The van der Waals surface area contributed by atoms with Crippen LogP contribution in [0.3, 0.4) is 0 Å². The average molecular weight is 325 g/mol. The van der Waals surface area contributed by atoms with Crippen LogP contribution in [0.5, 0.6) is 0 Å². The highest BCUT2D eigenvalue weighted by molar-refractivity contribution is 7.99. The first kappa shape index (κ1) is 13.7. The lowest BCUT2D eigenvalue weighted by Crippen LogP contribution is -2.07. The first-order valence-electron chi connectivity index (χ1n) is 7.02. The maximum atomic E-state index is 4.68. The van der Waals surface area contributed by atoms with Crippen LogP contribution in [-0.4, -0.2) is 19.1 Å². The van der Waals surface area contributed by atoms with Crippen LogP contribution in [0, 0.1) is 0 Å². The molecule has 0 saturated heterocycles. The second kappa shape index (κ2) is 5.34. The zero-order chi connectivity index (χ0) is 15.1. The standard InChI is InChI=1S/C17H15N3S2/c1-20(2)17-19-14(10-21-17)11-7-8-16-13(9-11)18-12-5-3-4-6-15(12)22-16/h3-10,18H,1-2H3. The van der Waals surface area contributed by atoms with Crippen LogP contribution >= 0.6 is 23.1 Å². The van der Waals surface area contributed by atoms with Gasteiger partial charge in [0.2, 0.25) is 0 Å². The third-order valence-corrected chi connectivity index (χ3v) is 5.69. The minimum atomic E-state index is 1.03. The monoisotopic (exact) mass is 325 g/mol. The van der Waals surface area contributed by atoms with Gasteiger partial charge in [-0.2, -0.15) is 0 Å². The number of nitrogens with one attached hydrogen (secondary N) is 1. The fraction of sp³-hybridized carbons (Fsp3) is 0.118. The number of rotatable bonds is 2. The van der Waals surface area contributed by atoms with Gasteiger partial charge in [-0.25, -0.2) is 4.98 Å². The molecule has 0 aliphatic carbocycles. The summed E-state index contributed by atoms with van der Waals surface area (Å²) in [6.07, 6.45) is 0. The molecule has 0 atom stereocenters. The minimum Gasteiger partial charge on any atom is -0.354 e. The summed E-state index contributed by atoms with van der Waals surface area (Å²) < 4.78 is 0. The molecule has 1 aliphatic rings. The number of aromatic nitrogens is 1. The van der Waals surface area contributed by atoms with Crippen molar-refractivity contribution in [2.75, 3.05) is 24.3 Å². The quantitative estimate of drug-likeness (QED) is 0.556. The number of nitrogens with zero attached hydrogens (tertiary/aromatic N) is 2. The molecule has 5 heteroatoms. The summed E-state index contributed by atoms with van der Waals surface area (Å²) >= 11 is 3.48. The molecule has 0 fully saturated rings. The van der Waals surface area contributed by atoms with Gasteiger partial charge in [-0.1, -0.05) is 30.0 Å². The van der Waals surface area contributed by atoms with Crippen LogP contribution in [0.2, 0.25) is 0 Å². The number of para-hydroxylation sites is 1. The second-order valence-electron chi connectivity index (χ2n) is 5.34. The molecular weight excluding hydrogens is 310 g/mol. The van der Waals surface area contributed by atoms with Gasteiger partial charge in [0.25, 0.3) is 0 Å². The molecule has 0 radical (unpaired) electrons. The fourth-order valence-corrected chi connectivity index (χ4v) is 4.14. The molecule has 3 nitrogen and oxygen atoms in total. The molecule has 4 rings (SSSR count). The highest BCUT2D eigenvalue weighted by Crippen LogP contribution is 2.45. The van der Waals surface area contributed by atoms with Gasteiger partial charge in [-0.05, 0) is 24.3 Å². The van der Waals surface area contributed by atoms with E-state index in [2.05, 4.69) is 58.1 Å². The van der Waals surface area contributed by atoms with E-state index < -0.39 is 0 Å². The summed E-state index contributed by atoms with van der Waals surface area (Å²) in [6, 6.07) is 14.9. The van der Waals surface area contributed by atoms with Crippen molar-refractivity contribution in [2.24, 2.45) is 0 Å². The fourth-order valence-electron chi connectivity index (χ4n) is 2.40. The van der Waals surface area contributed by atoms with Gasteiger partial charge in [0.1, 0.15) is 0 Å².